The van der Waals surface area contributed by atoms with Gasteiger partial charge >= 0.3 is 0 Å². The zero-order valence-electron chi connectivity index (χ0n) is 13.5. The summed E-state index contributed by atoms with van der Waals surface area (Å²) in [5.74, 6) is -0.423. The fraction of sp³-hybridized carbons (Fsp3) is 0.263. The number of aryl methyl sites for hydroxylation is 1. The molecular weight excluding hydrogens is 288 g/mol. The second-order valence-corrected chi connectivity index (χ2v) is 5.44. The van der Waals surface area contributed by atoms with Crippen LogP contribution in [0.2, 0.25) is 0 Å². The molecule has 0 saturated carbocycles. The van der Waals surface area contributed by atoms with Crippen LogP contribution in [0.3, 0.4) is 0 Å². The summed E-state index contributed by atoms with van der Waals surface area (Å²) in [4.78, 5) is 24.2. The first kappa shape index (κ1) is 16.7. The largest absolute Gasteiger partial charge is 0.348 e. The van der Waals surface area contributed by atoms with Crippen LogP contribution in [0, 0.1) is 6.92 Å². The molecule has 120 valence electrons. The predicted octanol–water partition coefficient (Wildman–Crippen LogP) is 2.99. The number of carbonyl (C=O) groups is 2. The molecule has 0 heterocycles. The van der Waals surface area contributed by atoms with Crippen LogP contribution in [0.25, 0.3) is 0 Å². The van der Waals surface area contributed by atoms with Crippen LogP contribution in [0.4, 0.5) is 0 Å². The van der Waals surface area contributed by atoms with Crippen LogP contribution in [-0.4, -0.2) is 18.4 Å². The quantitative estimate of drug-likeness (QED) is 0.861. The molecule has 2 aromatic carbocycles. The number of benzene rings is 2. The second-order valence-electron chi connectivity index (χ2n) is 5.44. The summed E-state index contributed by atoms with van der Waals surface area (Å²) in [7, 11) is 0. The van der Waals surface area contributed by atoms with Crippen molar-refractivity contribution in [2.75, 3.05) is 6.54 Å². The standard InChI is InChI=1S/C19H22N2O2/c1-3-17(15-10-5-4-6-11-15)21-18(22)13-20-19(23)16-12-8-7-9-14(16)2/h4-12,17H,3,13H2,1-2H3,(H,20,23)(H,21,22). The zero-order valence-corrected chi connectivity index (χ0v) is 13.5. The number of hydrogen-bond acceptors (Lipinski definition) is 2. The molecule has 0 fully saturated rings. The number of rotatable bonds is 6. The van der Waals surface area contributed by atoms with Crippen LogP contribution >= 0.6 is 0 Å². The van der Waals surface area contributed by atoms with Crippen LogP contribution in [-0.2, 0) is 4.79 Å². The third kappa shape index (κ3) is 4.68. The maximum absolute atomic E-state index is 12.1. The van der Waals surface area contributed by atoms with Crippen molar-refractivity contribution in [3.8, 4) is 0 Å². The molecule has 2 aromatic rings. The first-order valence-electron chi connectivity index (χ1n) is 7.80. The summed E-state index contributed by atoms with van der Waals surface area (Å²) >= 11 is 0. The lowest BCUT2D eigenvalue weighted by Gasteiger charge is -2.17. The van der Waals surface area contributed by atoms with Crippen LogP contribution in [0.1, 0.15) is 40.9 Å². The molecule has 4 heteroatoms. The van der Waals surface area contributed by atoms with E-state index < -0.39 is 0 Å². The van der Waals surface area contributed by atoms with E-state index in [0.29, 0.717) is 5.56 Å². The molecule has 2 N–H and O–H groups in total. The van der Waals surface area contributed by atoms with E-state index in [0.717, 1.165) is 17.5 Å². The Balaban J connectivity index is 1.90. The van der Waals surface area contributed by atoms with Gasteiger partial charge in [0.05, 0.1) is 12.6 Å². The van der Waals surface area contributed by atoms with Gasteiger partial charge in [-0.1, -0.05) is 55.5 Å². The smallest absolute Gasteiger partial charge is 0.251 e. The Labute approximate surface area is 136 Å². The van der Waals surface area contributed by atoms with Gasteiger partial charge in [0.15, 0.2) is 0 Å². The van der Waals surface area contributed by atoms with Gasteiger partial charge in [0.1, 0.15) is 0 Å². The summed E-state index contributed by atoms with van der Waals surface area (Å²) in [6.07, 6.45) is 0.793. The molecule has 0 aromatic heterocycles. The van der Waals surface area contributed by atoms with Crippen LogP contribution in [0.15, 0.2) is 54.6 Å². The molecule has 0 saturated heterocycles. The monoisotopic (exact) mass is 310 g/mol. The SMILES string of the molecule is CCC(NC(=O)CNC(=O)c1ccccc1C)c1ccccc1. The Kier molecular flexibility index (Phi) is 5.92. The lowest BCUT2D eigenvalue weighted by atomic mass is 10.0. The van der Waals surface area contributed by atoms with E-state index in [2.05, 4.69) is 10.6 Å². The minimum atomic E-state index is -0.231. The Morgan fingerprint density at radius 2 is 1.65 bits per heavy atom. The maximum atomic E-state index is 12.1. The molecule has 0 aliphatic rings. The first-order chi connectivity index (χ1) is 11.1. The minimum Gasteiger partial charge on any atom is -0.348 e. The molecule has 1 atom stereocenters. The fourth-order valence-electron chi connectivity index (χ4n) is 2.44. The van der Waals surface area contributed by atoms with E-state index in [1.807, 2.05) is 62.4 Å². The number of hydrogen-bond donors (Lipinski definition) is 2. The van der Waals surface area contributed by atoms with Gasteiger partial charge < -0.3 is 10.6 Å². The van der Waals surface area contributed by atoms with Crippen LogP contribution < -0.4 is 10.6 Å². The van der Waals surface area contributed by atoms with Gasteiger partial charge in [0, 0.05) is 5.56 Å². The van der Waals surface area contributed by atoms with Gasteiger partial charge in [-0.3, -0.25) is 9.59 Å². The van der Waals surface area contributed by atoms with E-state index in [-0.39, 0.29) is 24.4 Å². The molecule has 2 amide bonds. The van der Waals surface area contributed by atoms with E-state index in [4.69, 9.17) is 0 Å². The number of carbonyl (C=O) groups excluding carboxylic acids is 2. The van der Waals surface area contributed by atoms with Gasteiger partial charge in [-0.2, -0.15) is 0 Å². The van der Waals surface area contributed by atoms with E-state index >= 15 is 0 Å². The van der Waals surface area contributed by atoms with E-state index in [1.54, 1.807) is 6.07 Å². The second kappa shape index (κ2) is 8.13. The lowest BCUT2D eigenvalue weighted by Crippen LogP contribution is -2.38. The molecule has 2 rings (SSSR count). The van der Waals surface area contributed by atoms with Crippen LogP contribution in [0.5, 0.6) is 0 Å². The van der Waals surface area contributed by atoms with Crippen molar-refractivity contribution in [2.45, 2.75) is 26.3 Å². The van der Waals surface area contributed by atoms with Gasteiger partial charge in [-0.05, 0) is 30.5 Å². The molecule has 0 aliphatic heterocycles. The van der Waals surface area contributed by atoms with E-state index in [1.165, 1.54) is 0 Å². The Morgan fingerprint density at radius 3 is 2.30 bits per heavy atom. The normalized spacial score (nSPS) is 11.6. The van der Waals surface area contributed by atoms with Gasteiger partial charge in [-0.15, -0.1) is 0 Å². The molecule has 0 radical (unpaired) electrons. The highest BCUT2D eigenvalue weighted by molar-refractivity contribution is 5.97. The van der Waals surface area contributed by atoms with Crippen molar-refractivity contribution in [1.29, 1.82) is 0 Å². The average Bonchev–Trinajstić information content (AvgIpc) is 2.58. The maximum Gasteiger partial charge on any atom is 0.251 e. The van der Waals surface area contributed by atoms with Crippen molar-refractivity contribution in [3.63, 3.8) is 0 Å². The molecule has 1 unspecified atom stereocenters. The first-order valence-corrected chi connectivity index (χ1v) is 7.80. The van der Waals surface area contributed by atoms with Crippen molar-refractivity contribution in [3.05, 3.63) is 71.3 Å². The Hall–Kier alpha value is -2.62. The zero-order chi connectivity index (χ0) is 16.7. The molecule has 4 nitrogen and oxygen atoms in total. The van der Waals surface area contributed by atoms with Gasteiger partial charge in [0.2, 0.25) is 5.91 Å². The average molecular weight is 310 g/mol. The topological polar surface area (TPSA) is 58.2 Å². The Bertz CT molecular complexity index is 668. The third-order valence-corrected chi connectivity index (χ3v) is 3.74. The summed E-state index contributed by atoms with van der Waals surface area (Å²) in [6.45, 7) is 3.86. The lowest BCUT2D eigenvalue weighted by molar-refractivity contribution is -0.120. The van der Waals surface area contributed by atoms with Gasteiger partial charge in [-0.25, -0.2) is 0 Å². The van der Waals surface area contributed by atoms with Gasteiger partial charge in [0.25, 0.3) is 5.91 Å². The van der Waals surface area contributed by atoms with Crippen molar-refractivity contribution >= 4 is 11.8 Å². The molecular formula is C19H22N2O2. The molecule has 0 aliphatic carbocycles. The highest BCUT2D eigenvalue weighted by atomic mass is 16.2. The van der Waals surface area contributed by atoms with Crippen molar-refractivity contribution < 1.29 is 9.59 Å². The van der Waals surface area contributed by atoms with Crippen molar-refractivity contribution in [2.24, 2.45) is 0 Å². The number of nitrogens with one attached hydrogen (secondary N) is 2. The highest BCUT2D eigenvalue weighted by Crippen LogP contribution is 2.15. The molecule has 0 spiro atoms. The fourth-order valence-corrected chi connectivity index (χ4v) is 2.44. The Morgan fingerprint density at radius 1 is 1.00 bits per heavy atom. The third-order valence-electron chi connectivity index (χ3n) is 3.74. The summed E-state index contributed by atoms with van der Waals surface area (Å²) in [5.41, 5.74) is 2.55. The predicted molar refractivity (Wildman–Crippen MR) is 91.1 cm³/mol. The summed E-state index contributed by atoms with van der Waals surface area (Å²) in [6, 6.07) is 17.1. The van der Waals surface area contributed by atoms with Crippen molar-refractivity contribution in [1.82, 2.24) is 10.6 Å². The summed E-state index contributed by atoms with van der Waals surface area (Å²) < 4.78 is 0. The highest BCUT2D eigenvalue weighted by Gasteiger charge is 2.14. The molecule has 0 bridgehead atoms. The van der Waals surface area contributed by atoms with E-state index in [9.17, 15) is 9.59 Å². The molecule has 23 heavy (non-hydrogen) atoms. The summed E-state index contributed by atoms with van der Waals surface area (Å²) in [5, 5.41) is 5.62. The number of amides is 2. The minimum absolute atomic E-state index is 0.0312.